The van der Waals surface area contributed by atoms with Crippen LogP contribution < -0.4 is 30.2 Å². The second-order valence-corrected chi connectivity index (χ2v) is 16.9. The third kappa shape index (κ3) is 12.0. The molecule has 57 heavy (non-hydrogen) atoms. The van der Waals surface area contributed by atoms with Gasteiger partial charge in [-0.2, -0.15) is 0 Å². The summed E-state index contributed by atoms with van der Waals surface area (Å²) in [6, 6.07) is 22.9. The number of pyridine rings is 1. The summed E-state index contributed by atoms with van der Waals surface area (Å²) < 4.78 is 53.3. The number of nitrogens with one attached hydrogen (secondary N) is 3. The molecule has 0 unspecified atom stereocenters. The minimum Gasteiger partial charge on any atom is -0.497 e. The highest BCUT2D eigenvalue weighted by Gasteiger charge is 2.25. The summed E-state index contributed by atoms with van der Waals surface area (Å²) in [5.74, 6) is 1.94. The highest BCUT2D eigenvalue weighted by atomic mass is 32.2. The molecule has 0 aliphatic rings. The van der Waals surface area contributed by atoms with Crippen molar-refractivity contribution < 1.29 is 46.8 Å². The van der Waals surface area contributed by atoms with E-state index >= 15 is 0 Å². The van der Waals surface area contributed by atoms with E-state index < -0.39 is 27.3 Å². The van der Waals surface area contributed by atoms with Gasteiger partial charge in [0.15, 0.2) is 15.6 Å². The average Bonchev–Trinajstić information content (AvgIpc) is 3.15. The highest BCUT2D eigenvalue weighted by molar-refractivity contribution is 7.99. The Morgan fingerprint density at radius 1 is 0.825 bits per heavy atom. The Morgan fingerprint density at radius 2 is 1.56 bits per heavy atom. The average molecular weight is 819 g/mol. The largest absolute Gasteiger partial charge is 0.497 e. The number of carboxylic acid groups (broad SMARTS) is 1. The van der Waals surface area contributed by atoms with Gasteiger partial charge >= 0.3 is 12.0 Å². The number of anilines is 4. The molecule has 0 bridgehead atoms. The maximum Gasteiger partial charge on any atom is 0.329 e. The van der Waals surface area contributed by atoms with Gasteiger partial charge < -0.3 is 44.7 Å². The number of hydrogen-bond donors (Lipinski definition) is 4. The van der Waals surface area contributed by atoms with Crippen LogP contribution in [0.25, 0.3) is 10.8 Å². The van der Waals surface area contributed by atoms with Crippen LogP contribution in [-0.2, 0) is 29.5 Å². The lowest BCUT2D eigenvalue weighted by molar-refractivity contribution is -0.142. The second kappa shape index (κ2) is 19.1. The Morgan fingerprint density at radius 3 is 2.26 bits per heavy atom. The number of carboxylic acids is 1. The number of ether oxygens (including phenoxy) is 5. The number of carbonyl (C=O) groups is 2. The molecular formula is C41H46N4O10S2. The van der Waals surface area contributed by atoms with Gasteiger partial charge in [-0.05, 0) is 53.4 Å². The van der Waals surface area contributed by atoms with Crippen molar-refractivity contribution in [2.24, 2.45) is 0 Å². The molecule has 0 saturated heterocycles. The maximum absolute atomic E-state index is 13.5. The number of thioether (sulfide) groups is 1. The predicted molar refractivity (Wildman–Crippen MR) is 222 cm³/mol. The quantitative estimate of drug-likeness (QED) is 0.0489. The zero-order valence-electron chi connectivity index (χ0n) is 32.5. The van der Waals surface area contributed by atoms with Crippen LogP contribution in [0.15, 0.2) is 94.9 Å². The lowest BCUT2D eigenvalue weighted by Crippen LogP contribution is -2.22. The Balaban J connectivity index is 1.28. The van der Waals surface area contributed by atoms with E-state index in [1.165, 1.54) is 7.11 Å². The molecule has 5 rings (SSSR count). The summed E-state index contributed by atoms with van der Waals surface area (Å²) in [6.45, 7) is 6.48. The summed E-state index contributed by atoms with van der Waals surface area (Å²) in [5.41, 5.74) is 1.78. The lowest BCUT2D eigenvalue weighted by atomic mass is 9.86. The van der Waals surface area contributed by atoms with E-state index in [1.807, 2.05) is 63.2 Å². The zero-order chi connectivity index (χ0) is 41.2. The minimum atomic E-state index is -3.68. The predicted octanol–water partition coefficient (Wildman–Crippen LogP) is 8.34. The topological polar surface area (TPSA) is 184 Å². The van der Waals surface area contributed by atoms with Gasteiger partial charge in [0.1, 0.15) is 34.6 Å². The van der Waals surface area contributed by atoms with Crippen LogP contribution in [0, 0.1) is 0 Å². The summed E-state index contributed by atoms with van der Waals surface area (Å²) in [5, 5.41) is 19.1. The Labute approximate surface area is 336 Å². The van der Waals surface area contributed by atoms with Crippen LogP contribution in [-0.4, -0.2) is 83.2 Å². The van der Waals surface area contributed by atoms with E-state index in [2.05, 4.69) is 20.9 Å². The number of benzene rings is 4. The monoisotopic (exact) mass is 818 g/mol. The van der Waals surface area contributed by atoms with Crippen molar-refractivity contribution in [2.45, 2.75) is 36.0 Å². The van der Waals surface area contributed by atoms with Gasteiger partial charge in [-0.15, -0.1) is 11.8 Å². The molecule has 0 aliphatic carbocycles. The summed E-state index contributed by atoms with van der Waals surface area (Å²) >= 11 is 1.58. The van der Waals surface area contributed by atoms with Crippen LogP contribution >= 0.6 is 11.8 Å². The fourth-order valence-corrected chi connectivity index (χ4v) is 7.34. The van der Waals surface area contributed by atoms with Crippen LogP contribution in [0.4, 0.5) is 27.7 Å². The Kier molecular flexibility index (Phi) is 14.2. The molecule has 2 amide bonds. The summed E-state index contributed by atoms with van der Waals surface area (Å²) in [6.07, 6.45) is 2.73. The highest BCUT2D eigenvalue weighted by Crippen LogP contribution is 2.39. The van der Waals surface area contributed by atoms with Crippen LogP contribution in [0.3, 0.4) is 0 Å². The molecule has 0 spiro atoms. The number of aliphatic carboxylic acids is 1. The SMILES string of the molecule is COc1cc(Nc2cc(Oc3ccc(NC(=O)Nc4cc(C(C)(C)C)cc(S(C)(=O)=O)c4OC)c4ccccc34)ccn2)cc(SCCOCCOCC(=O)O)c1. The van der Waals surface area contributed by atoms with Gasteiger partial charge in [0.2, 0.25) is 0 Å². The molecule has 1 aromatic heterocycles. The fourth-order valence-electron chi connectivity index (χ4n) is 5.62. The first-order valence-electron chi connectivity index (χ1n) is 17.8. The smallest absolute Gasteiger partial charge is 0.329 e. The second-order valence-electron chi connectivity index (χ2n) is 13.7. The van der Waals surface area contributed by atoms with E-state index in [9.17, 15) is 18.0 Å². The van der Waals surface area contributed by atoms with Gasteiger partial charge in [0.25, 0.3) is 0 Å². The molecule has 14 nitrogen and oxygen atoms in total. The molecule has 0 aliphatic heterocycles. The number of aromatic nitrogens is 1. The molecule has 0 saturated carbocycles. The molecule has 0 fully saturated rings. The number of carbonyl (C=O) groups excluding carboxylic acids is 1. The molecule has 0 radical (unpaired) electrons. The van der Waals surface area contributed by atoms with Crippen molar-refractivity contribution in [2.75, 3.05) is 68.6 Å². The summed E-state index contributed by atoms with van der Waals surface area (Å²) in [4.78, 5) is 29.4. The maximum atomic E-state index is 13.5. The Hall–Kier alpha value is -5.55. The van der Waals surface area contributed by atoms with Crippen LogP contribution in [0.2, 0.25) is 0 Å². The van der Waals surface area contributed by atoms with Crippen LogP contribution in [0.5, 0.6) is 23.0 Å². The Bertz CT molecular complexity index is 2330. The van der Waals surface area contributed by atoms with Crippen molar-refractivity contribution in [3.63, 3.8) is 0 Å². The normalized spacial score (nSPS) is 11.5. The third-order valence-electron chi connectivity index (χ3n) is 8.35. The molecule has 0 atom stereocenters. The lowest BCUT2D eigenvalue weighted by Gasteiger charge is -2.23. The number of fused-ring (bicyclic) bond motifs is 1. The first kappa shape index (κ1) is 42.6. The van der Waals surface area contributed by atoms with Gasteiger partial charge in [-0.1, -0.05) is 45.0 Å². The fraction of sp³-hybridized carbons (Fsp3) is 0.293. The minimum absolute atomic E-state index is 0.0144. The molecule has 4 aromatic carbocycles. The number of hydrogen-bond acceptors (Lipinski definition) is 12. The van der Waals surface area contributed by atoms with E-state index in [4.69, 9.17) is 28.8 Å². The van der Waals surface area contributed by atoms with E-state index in [0.29, 0.717) is 58.7 Å². The number of nitrogens with zero attached hydrogens (tertiary/aromatic N) is 1. The van der Waals surface area contributed by atoms with Gasteiger partial charge in [0.05, 0.1) is 45.4 Å². The summed E-state index contributed by atoms with van der Waals surface area (Å²) in [7, 11) is -0.723. The van der Waals surface area contributed by atoms with Gasteiger partial charge in [-0.25, -0.2) is 23.0 Å². The molecule has 1 heterocycles. The number of rotatable bonds is 18. The van der Waals surface area contributed by atoms with Gasteiger partial charge in [-0.3, -0.25) is 0 Å². The van der Waals surface area contributed by atoms with Crippen molar-refractivity contribution in [1.82, 2.24) is 4.98 Å². The van der Waals surface area contributed by atoms with Crippen molar-refractivity contribution >= 4 is 67.3 Å². The van der Waals surface area contributed by atoms with E-state index in [0.717, 1.165) is 22.2 Å². The van der Waals surface area contributed by atoms with E-state index in [-0.39, 0.29) is 29.5 Å². The van der Waals surface area contributed by atoms with Crippen molar-refractivity contribution in [3.05, 3.63) is 90.6 Å². The molecule has 302 valence electrons. The van der Waals surface area contributed by atoms with Crippen molar-refractivity contribution in [3.8, 4) is 23.0 Å². The van der Waals surface area contributed by atoms with Crippen LogP contribution in [0.1, 0.15) is 26.3 Å². The van der Waals surface area contributed by atoms with Gasteiger partial charge in [0, 0.05) is 51.7 Å². The molecular weight excluding hydrogens is 773 g/mol. The zero-order valence-corrected chi connectivity index (χ0v) is 34.1. The first-order chi connectivity index (χ1) is 27.1. The standard InChI is InChI=1S/C41H46N4O10S2/c1-41(2,3)26-19-34(39(52-5)36(20-26)57(6,49)50)45-40(48)44-33-11-12-35(32-10-8-7-9-31(32)33)55-28-13-14-42-37(24-28)43-27-21-29(51-4)23-30(22-27)56-18-17-53-15-16-54-25-38(46)47/h7-14,19-24H,15-18,25H2,1-6H3,(H,42,43)(H,46,47)(H2,44,45,48). The molecule has 4 N–H and O–H groups in total. The first-order valence-corrected chi connectivity index (χ1v) is 20.6. The van der Waals surface area contributed by atoms with Crippen molar-refractivity contribution in [1.29, 1.82) is 0 Å². The van der Waals surface area contributed by atoms with E-state index in [1.54, 1.807) is 61.5 Å². The molecule has 16 heteroatoms. The number of amides is 2. The number of methoxy groups -OCH3 is 2. The third-order valence-corrected chi connectivity index (χ3v) is 10.4. The number of urea groups is 1. The molecule has 5 aromatic rings. The number of sulfone groups is 1.